The quantitative estimate of drug-likeness (QED) is 0.756. The predicted octanol–water partition coefficient (Wildman–Crippen LogP) is 2.71. The number of primary amides is 1. The van der Waals surface area contributed by atoms with Gasteiger partial charge in [-0.15, -0.1) is 0 Å². The Morgan fingerprint density at radius 3 is 2.26 bits per heavy atom. The van der Waals surface area contributed by atoms with Gasteiger partial charge in [0.05, 0.1) is 0 Å². The molecule has 0 aromatic heterocycles. The van der Waals surface area contributed by atoms with E-state index in [0.717, 1.165) is 38.0 Å². The van der Waals surface area contributed by atoms with E-state index in [-0.39, 0.29) is 17.8 Å². The van der Waals surface area contributed by atoms with Crippen molar-refractivity contribution in [2.45, 2.75) is 25.4 Å². The molecule has 0 aliphatic carbocycles. The van der Waals surface area contributed by atoms with Gasteiger partial charge in [-0.3, -0.25) is 9.69 Å². The predicted molar refractivity (Wildman–Crippen MR) is 102 cm³/mol. The van der Waals surface area contributed by atoms with E-state index in [1.807, 2.05) is 0 Å². The first-order valence-corrected chi connectivity index (χ1v) is 8.94. The van der Waals surface area contributed by atoms with Crippen LogP contribution >= 0.6 is 0 Å². The first-order chi connectivity index (χ1) is 13.0. The Morgan fingerprint density at radius 2 is 1.67 bits per heavy atom. The molecule has 4 N–H and O–H groups in total. The van der Waals surface area contributed by atoms with E-state index in [4.69, 9.17) is 5.73 Å². The van der Waals surface area contributed by atoms with E-state index in [1.165, 1.54) is 12.1 Å². The molecule has 0 unspecified atom stereocenters. The van der Waals surface area contributed by atoms with E-state index in [9.17, 15) is 14.0 Å². The van der Waals surface area contributed by atoms with E-state index in [0.29, 0.717) is 11.3 Å². The lowest BCUT2D eigenvalue weighted by Gasteiger charge is -2.32. The van der Waals surface area contributed by atoms with Crippen LogP contribution in [0.2, 0.25) is 0 Å². The minimum atomic E-state index is -0.639. The van der Waals surface area contributed by atoms with Crippen molar-refractivity contribution < 1.29 is 14.0 Å². The summed E-state index contributed by atoms with van der Waals surface area (Å²) in [5, 5.41) is 5.52. The number of urea groups is 1. The van der Waals surface area contributed by atoms with Gasteiger partial charge in [-0.25, -0.2) is 9.18 Å². The van der Waals surface area contributed by atoms with Crippen LogP contribution in [-0.4, -0.2) is 36.0 Å². The van der Waals surface area contributed by atoms with Crippen molar-refractivity contribution in [3.8, 4) is 0 Å². The molecule has 3 amide bonds. The Morgan fingerprint density at radius 1 is 1.04 bits per heavy atom. The highest BCUT2D eigenvalue weighted by atomic mass is 19.1. The lowest BCUT2D eigenvalue weighted by molar-refractivity contribution is 0.0909. The summed E-state index contributed by atoms with van der Waals surface area (Å²) >= 11 is 0. The van der Waals surface area contributed by atoms with Crippen LogP contribution in [0.25, 0.3) is 0 Å². The van der Waals surface area contributed by atoms with Gasteiger partial charge in [0.15, 0.2) is 0 Å². The lowest BCUT2D eigenvalue weighted by atomic mass is 10.0. The normalized spacial score (nSPS) is 15.3. The number of halogens is 1. The van der Waals surface area contributed by atoms with E-state index < -0.39 is 6.03 Å². The van der Waals surface area contributed by atoms with Crippen molar-refractivity contribution in [2.24, 2.45) is 5.73 Å². The Balaban J connectivity index is 1.46. The van der Waals surface area contributed by atoms with E-state index in [1.54, 1.807) is 36.4 Å². The van der Waals surface area contributed by atoms with Gasteiger partial charge in [0, 0.05) is 36.9 Å². The van der Waals surface area contributed by atoms with Crippen molar-refractivity contribution >= 4 is 17.6 Å². The zero-order valence-electron chi connectivity index (χ0n) is 15.0. The van der Waals surface area contributed by atoms with Gasteiger partial charge in [0.25, 0.3) is 5.91 Å². The minimum Gasteiger partial charge on any atom is -0.351 e. The first-order valence-electron chi connectivity index (χ1n) is 8.94. The summed E-state index contributed by atoms with van der Waals surface area (Å²) in [5.74, 6) is -0.351. The second-order valence-electron chi connectivity index (χ2n) is 6.72. The number of carbonyl (C=O) groups is 2. The molecule has 2 aromatic rings. The molecule has 1 fully saturated rings. The SMILES string of the molecule is NC(=O)Nc1ccc(C(=O)NC2CCN(Cc3ccc(F)cc3)CC2)cc1. The van der Waals surface area contributed by atoms with Crippen LogP contribution in [-0.2, 0) is 6.54 Å². The number of nitrogens with two attached hydrogens (primary N) is 1. The second-order valence-corrected chi connectivity index (χ2v) is 6.72. The van der Waals surface area contributed by atoms with Crippen LogP contribution in [0.15, 0.2) is 48.5 Å². The number of likely N-dealkylation sites (tertiary alicyclic amines) is 1. The zero-order valence-corrected chi connectivity index (χ0v) is 15.0. The highest BCUT2D eigenvalue weighted by molar-refractivity contribution is 5.95. The summed E-state index contributed by atoms with van der Waals surface area (Å²) in [6.07, 6.45) is 1.74. The molecule has 2 aromatic carbocycles. The number of hydrogen-bond donors (Lipinski definition) is 3. The third-order valence-corrected chi connectivity index (χ3v) is 4.66. The molecule has 27 heavy (non-hydrogen) atoms. The molecule has 7 heteroatoms. The molecule has 1 saturated heterocycles. The maximum Gasteiger partial charge on any atom is 0.316 e. The fourth-order valence-corrected chi connectivity index (χ4v) is 3.20. The molecule has 0 saturated carbocycles. The van der Waals surface area contributed by atoms with Crippen LogP contribution in [0, 0.1) is 5.82 Å². The number of rotatable bonds is 5. The smallest absolute Gasteiger partial charge is 0.316 e. The standard InChI is InChI=1S/C20H23FN4O2/c21-16-5-1-14(2-6-16)13-25-11-9-18(10-12-25)23-19(26)15-3-7-17(8-4-15)24-20(22)27/h1-8,18H,9-13H2,(H,23,26)(H3,22,24,27). The fourth-order valence-electron chi connectivity index (χ4n) is 3.20. The van der Waals surface area contributed by atoms with Gasteiger partial charge in [0.1, 0.15) is 5.82 Å². The Hall–Kier alpha value is -2.93. The lowest BCUT2D eigenvalue weighted by Crippen LogP contribution is -2.44. The average molecular weight is 370 g/mol. The molecule has 3 rings (SSSR count). The first kappa shape index (κ1) is 18.8. The van der Waals surface area contributed by atoms with Gasteiger partial charge in [-0.2, -0.15) is 0 Å². The van der Waals surface area contributed by atoms with Gasteiger partial charge < -0.3 is 16.4 Å². The number of amides is 3. The zero-order chi connectivity index (χ0) is 19.2. The van der Waals surface area contributed by atoms with Crippen molar-refractivity contribution in [1.29, 1.82) is 0 Å². The molecule has 0 bridgehead atoms. The molecule has 0 spiro atoms. The van der Waals surface area contributed by atoms with Gasteiger partial charge in [-0.05, 0) is 54.8 Å². The third kappa shape index (κ3) is 5.52. The highest BCUT2D eigenvalue weighted by Crippen LogP contribution is 2.15. The van der Waals surface area contributed by atoms with Crippen molar-refractivity contribution in [1.82, 2.24) is 10.2 Å². The molecule has 1 aliphatic heterocycles. The Bertz CT molecular complexity index is 785. The molecule has 6 nitrogen and oxygen atoms in total. The maximum absolute atomic E-state index is 13.0. The van der Waals surface area contributed by atoms with Crippen molar-refractivity contribution in [3.63, 3.8) is 0 Å². The number of piperidine rings is 1. The third-order valence-electron chi connectivity index (χ3n) is 4.66. The molecule has 0 atom stereocenters. The van der Waals surface area contributed by atoms with Gasteiger partial charge in [-0.1, -0.05) is 12.1 Å². The van der Waals surface area contributed by atoms with Crippen LogP contribution in [0.1, 0.15) is 28.8 Å². The van der Waals surface area contributed by atoms with Crippen LogP contribution in [0.4, 0.5) is 14.9 Å². The van der Waals surface area contributed by atoms with Gasteiger partial charge >= 0.3 is 6.03 Å². The highest BCUT2D eigenvalue weighted by Gasteiger charge is 2.21. The Labute approximate surface area is 157 Å². The number of carbonyl (C=O) groups excluding carboxylic acids is 2. The Kier molecular flexibility index (Phi) is 6.03. The van der Waals surface area contributed by atoms with E-state index >= 15 is 0 Å². The van der Waals surface area contributed by atoms with Crippen LogP contribution in [0.3, 0.4) is 0 Å². The number of anilines is 1. The largest absolute Gasteiger partial charge is 0.351 e. The summed E-state index contributed by atoms with van der Waals surface area (Å²) < 4.78 is 13.0. The van der Waals surface area contributed by atoms with Crippen LogP contribution < -0.4 is 16.4 Å². The van der Waals surface area contributed by atoms with E-state index in [2.05, 4.69) is 15.5 Å². The summed E-state index contributed by atoms with van der Waals surface area (Å²) in [7, 11) is 0. The molecule has 0 radical (unpaired) electrons. The monoisotopic (exact) mass is 370 g/mol. The number of nitrogens with zero attached hydrogens (tertiary/aromatic N) is 1. The second kappa shape index (κ2) is 8.64. The average Bonchev–Trinajstić information content (AvgIpc) is 2.65. The number of benzene rings is 2. The topological polar surface area (TPSA) is 87.5 Å². The molecule has 1 heterocycles. The van der Waals surface area contributed by atoms with Gasteiger partial charge in [0.2, 0.25) is 0 Å². The number of hydrogen-bond acceptors (Lipinski definition) is 3. The molecule has 1 aliphatic rings. The summed E-state index contributed by atoms with van der Waals surface area (Å²) in [6.45, 7) is 2.54. The molecular formula is C20H23FN4O2. The van der Waals surface area contributed by atoms with Crippen molar-refractivity contribution in [2.75, 3.05) is 18.4 Å². The van der Waals surface area contributed by atoms with Crippen molar-refractivity contribution in [3.05, 3.63) is 65.5 Å². The summed E-state index contributed by atoms with van der Waals surface area (Å²) in [5.41, 5.74) is 7.24. The summed E-state index contributed by atoms with van der Waals surface area (Å²) in [4.78, 5) is 25.5. The summed E-state index contributed by atoms with van der Waals surface area (Å²) in [6, 6.07) is 12.7. The molecular weight excluding hydrogens is 347 g/mol. The maximum atomic E-state index is 13.0. The van der Waals surface area contributed by atoms with Crippen LogP contribution in [0.5, 0.6) is 0 Å². The minimum absolute atomic E-state index is 0.127. The fraction of sp³-hybridized carbons (Fsp3) is 0.300. The number of nitrogens with one attached hydrogen (secondary N) is 2. The molecule has 142 valence electrons.